The van der Waals surface area contributed by atoms with Gasteiger partial charge in [-0.05, 0) is 30.9 Å². The number of hydrogen-bond donors (Lipinski definition) is 2. The van der Waals surface area contributed by atoms with Crippen molar-refractivity contribution in [1.82, 2.24) is 10.3 Å². The molecule has 4 heteroatoms. The molecule has 2 atom stereocenters. The second-order valence-electron chi connectivity index (χ2n) is 6.30. The van der Waals surface area contributed by atoms with Crippen LogP contribution >= 0.6 is 0 Å². The fraction of sp³-hybridized carbons (Fsp3) is 0.368. The molecule has 1 saturated carbocycles. The number of aromatic nitrogens is 1. The first kappa shape index (κ1) is 15.4. The Bertz CT molecular complexity index is 781. The van der Waals surface area contributed by atoms with Gasteiger partial charge in [-0.2, -0.15) is 5.26 Å². The number of rotatable bonds is 3. The molecular formula is C19H21N3O. The quantitative estimate of drug-likeness (QED) is 0.669. The molecule has 1 aromatic carbocycles. The van der Waals surface area contributed by atoms with E-state index >= 15 is 0 Å². The van der Waals surface area contributed by atoms with Crippen LogP contribution in [0.4, 0.5) is 0 Å². The van der Waals surface area contributed by atoms with Crippen molar-refractivity contribution in [3.05, 3.63) is 41.6 Å². The highest BCUT2D eigenvalue weighted by atomic mass is 16.1. The normalized spacial score (nSPS) is 21.8. The largest absolute Gasteiger partial charge is 0.361 e. The van der Waals surface area contributed by atoms with Crippen molar-refractivity contribution >= 4 is 22.9 Å². The summed E-state index contributed by atoms with van der Waals surface area (Å²) in [6.07, 6.45) is 8.00. The van der Waals surface area contributed by atoms with Crippen molar-refractivity contribution in [2.45, 2.75) is 38.6 Å². The van der Waals surface area contributed by atoms with E-state index in [1.54, 1.807) is 6.08 Å². The number of fused-ring (bicyclic) bond motifs is 1. The molecule has 2 unspecified atom stereocenters. The van der Waals surface area contributed by atoms with Crippen LogP contribution in [0.3, 0.4) is 0 Å². The number of carbonyl (C=O) groups is 1. The van der Waals surface area contributed by atoms with Crippen molar-refractivity contribution in [3.63, 3.8) is 0 Å². The summed E-state index contributed by atoms with van der Waals surface area (Å²) in [6, 6.07) is 10.1. The van der Waals surface area contributed by atoms with Crippen molar-refractivity contribution in [3.8, 4) is 6.07 Å². The first-order valence-corrected chi connectivity index (χ1v) is 8.18. The lowest BCUT2D eigenvalue weighted by atomic mass is 9.86. The van der Waals surface area contributed by atoms with Gasteiger partial charge in [0.25, 0.3) is 5.91 Å². The van der Waals surface area contributed by atoms with E-state index in [9.17, 15) is 10.1 Å². The molecule has 4 nitrogen and oxygen atoms in total. The van der Waals surface area contributed by atoms with Crippen LogP contribution in [0, 0.1) is 17.2 Å². The second-order valence-corrected chi connectivity index (χ2v) is 6.30. The monoisotopic (exact) mass is 307 g/mol. The highest BCUT2D eigenvalue weighted by molar-refractivity contribution is 6.04. The number of benzene rings is 1. The van der Waals surface area contributed by atoms with E-state index < -0.39 is 0 Å². The minimum absolute atomic E-state index is 0.160. The van der Waals surface area contributed by atoms with Gasteiger partial charge in [-0.25, -0.2) is 0 Å². The Morgan fingerprint density at radius 3 is 2.91 bits per heavy atom. The van der Waals surface area contributed by atoms with Gasteiger partial charge in [0.15, 0.2) is 0 Å². The van der Waals surface area contributed by atoms with Crippen molar-refractivity contribution < 1.29 is 4.79 Å². The summed E-state index contributed by atoms with van der Waals surface area (Å²) in [7, 11) is 0. The van der Waals surface area contributed by atoms with Crippen LogP contribution in [-0.4, -0.2) is 16.9 Å². The van der Waals surface area contributed by atoms with Crippen LogP contribution < -0.4 is 5.32 Å². The van der Waals surface area contributed by atoms with Gasteiger partial charge < -0.3 is 10.3 Å². The van der Waals surface area contributed by atoms with Gasteiger partial charge in [-0.15, -0.1) is 0 Å². The first-order chi connectivity index (χ1) is 11.2. The van der Waals surface area contributed by atoms with Crippen molar-refractivity contribution in [2.75, 3.05) is 0 Å². The highest BCUT2D eigenvalue weighted by Crippen LogP contribution is 2.24. The summed E-state index contributed by atoms with van der Waals surface area (Å²) in [6.45, 7) is 2.17. The van der Waals surface area contributed by atoms with E-state index in [2.05, 4.69) is 17.2 Å². The number of hydrogen-bond acceptors (Lipinski definition) is 2. The Hall–Kier alpha value is -2.54. The van der Waals surface area contributed by atoms with Crippen LogP contribution in [0.5, 0.6) is 0 Å². The second kappa shape index (κ2) is 6.70. The van der Waals surface area contributed by atoms with Crippen LogP contribution in [-0.2, 0) is 4.79 Å². The van der Waals surface area contributed by atoms with Crippen LogP contribution in [0.25, 0.3) is 17.0 Å². The Kier molecular flexibility index (Phi) is 4.47. The van der Waals surface area contributed by atoms with Crippen LogP contribution in [0.1, 0.15) is 38.2 Å². The van der Waals surface area contributed by atoms with Crippen molar-refractivity contribution in [1.29, 1.82) is 5.26 Å². The summed E-state index contributed by atoms with van der Waals surface area (Å²) in [5, 5.41) is 13.4. The van der Waals surface area contributed by atoms with E-state index in [-0.39, 0.29) is 17.5 Å². The number of para-hydroxylation sites is 1. The summed E-state index contributed by atoms with van der Waals surface area (Å²) in [5.74, 6) is 0.206. The minimum Gasteiger partial charge on any atom is -0.361 e. The van der Waals surface area contributed by atoms with Gasteiger partial charge in [-0.1, -0.05) is 38.0 Å². The van der Waals surface area contributed by atoms with E-state index in [0.29, 0.717) is 5.92 Å². The Morgan fingerprint density at radius 1 is 1.35 bits per heavy atom. The number of aromatic amines is 1. The van der Waals surface area contributed by atoms with Crippen LogP contribution in [0.2, 0.25) is 0 Å². The molecule has 1 aromatic heterocycles. The molecule has 118 valence electrons. The zero-order valence-electron chi connectivity index (χ0n) is 13.3. The first-order valence-electron chi connectivity index (χ1n) is 8.18. The average molecular weight is 307 g/mol. The van der Waals surface area contributed by atoms with Gasteiger partial charge in [0.05, 0.1) is 0 Å². The molecule has 0 saturated heterocycles. The number of H-pyrrole nitrogens is 1. The molecule has 1 fully saturated rings. The lowest BCUT2D eigenvalue weighted by Gasteiger charge is -2.29. The number of nitrogens with zero attached hydrogens (tertiary/aromatic N) is 1. The predicted molar refractivity (Wildman–Crippen MR) is 91.5 cm³/mol. The smallest absolute Gasteiger partial charge is 0.262 e. The molecule has 0 radical (unpaired) electrons. The van der Waals surface area contributed by atoms with E-state index in [1.165, 1.54) is 6.42 Å². The molecule has 1 aliphatic rings. The van der Waals surface area contributed by atoms with Gasteiger partial charge >= 0.3 is 0 Å². The third-order valence-electron chi connectivity index (χ3n) is 4.71. The molecule has 0 bridgehead atoms. The van der Waals surface area contributed by atoms with Gasteiger partial charge in [-0.3, -0.25) is 4.79 Å². The van der Waals surface area contributed by atoms with Crippen molar-refractivity contribution in [2.24, 2.45) is 5.92 Å². The Morgan fingerprint density at radius 2 is 2.13 bits per heavy atom. The van der Waals surface area contributed by atoms with Crippen LogP contribution in [0.15, 0.2) is 36.0 Å². The summed E-state index contributed by atoms with van der Waals surface area (Å²) < 4.78 is 0. The van der Waals surface area contributed by atoms with E-state index in [1.807, 2.05) is 36.5 Å². The molecule has 1 heterocycles. The molecule has 0 aliphatic heterocycles. The fourth-order valence-electron chi connectivity index (χ4n) is 3.29. The fourth-order valence-corrected chi connectivity index (χ4v) is 3.29. The van der Waals surface area contributed by atoms with Gasteiger partial charge in [0, 0.05) is 28.7 Å². The zero-order chi connectivity index (χ0) is 16.2. The molecule has 1 amide bonds. The topological polar surface area (TPSA) is 68.7 Å². The third kappa shape index (κ3) is 3.29. The molecule has 2 N–H and O–H groups in total. The highest BCUT2D eigenvalue weighted by Gasteiger charge is 2.24. The number of amides is 1. The molecular weight excluding hydrogens is 286 g/mol. The average Bonchev–Trinajstić information content (AvgIpc) is 2.97. The summed E-state index contributed by atoms with van der Waals surface area (Å²) in [4.78, 5) is 15.6. The summed E-state index contributed by atoms with van der Waals surface area (Å²) in [5.41, 5.74) is 2.02. The SMILES string of the molecule is CC1CCCCC1NC(=O)/C(C#N)=C/c1c[nH]c2ccccc12. The lowest BCUT2D eigenvalue weighted by Crippen LogP contribution is -2.41. The maximum atomic E-state index is 12.4. The number of nitriles is 1. The molecule has 2 aromatic rings. The minimum atomic E-state index is -0.267. The zero-order valence-corrected chi connectivity index (χ0v) is 13.3. The maximum Gasteiger partial charge on any atom is 0.262 e. The van der Waals surface area contributed by atoms with E-state index in [0.717, 1.165) is 35.7 Å². The summed E-state index contributed by atoms with van der Waals surface area (Å²) >= 11 is 0. The third-order valence-corrected chi connectivity index (χ3v) is 4.71. The Balaban J connectivity index is 1.81. The van der Waals surface area contributed by atoms with Gasteiger partial charge in [0.2, 0.25) is 0 Å². The predicted octanol–water partition coefficient (Wildman–Crippen LogP) is 3.77. The molecule has 3 rings (SSSR count). The number of nitrogens with one attached hydrogen (secondary N) is 2. The molecule has 0 spiro atoms. The van der Waals surface area contributed by atoms with Gasteiger partial charge in [0.1, 0.15) is 11.6 Å². The molecule has 23 heavy (non-hydrogen) atoms. The number of carbonyl (C=O) groups excluding carboxylic acids is 1. The molecule has 1 aliphatic carbocycles. The van der Waals surface area contributed by atoms with E-state index in [4.69, 9.17) is 0 Å². The lowest BCUT2D eigenvalue weighted by molar-refractivity contribution is -0.118. The standard InChI is InChI=1S/C19H21N3O/c1-13-6-2-4-8-17(13)22-19(23)14(11-20)10-15-12-21-18-9-5-3-7-16(15)18/h3,5,7,9-10,12-13,17,21H,2,4,6,8H2,1H3,(H,22,23)/b14-10+. The maximum absolute atomic E-state index is 12.4. The Labute approximate surface area is 136 Å².